The third-order valence-corrected chi connectivity index (χ3v) is 5.32. The number of imidazole rings is 1. The highest BCUT2D eigenvalue weighted by Crippen LogP contribution is 2.32. The maximum atomic E-state index is 12.6. The van der Waals surface area contributed by atoms with Gasteiger partial charge in [-0.05, 0) is 12.8 Å². The molecule has 5 heteroatoms. The number of amides is 1. The number of hydrogen-bond acceptors (Lipinski definition) is 3. The van der Waals surface area contributed by atoms with Crippen LogP contribution in [0, 0.1) is 0 Å². The molecule has 0 atom stereocenters. The Labute approximate surface area is 171 Å². The van der Waals surface area contributed by atoms with E-state index in [0.29, 0.717) is 5.75 Å². The third-order valence-electron chi connectivity index (χ3n) is 4.46. The first kappa shape index (κ1) is 20.2. The predicted octanol–water partition coefficient (Wildman–Crippen LogP) is 5.48. The highest BCUT2D eigenvalue weighted by Gasteiger charge is 2.17. The fourth-order valence-electron chi connectivity index (χ4n) is 3.16. The molecule has 2 aromatic carbocycles. The van der Waals surface area contributed by atoms with E-state index in [1.165, 1.54) is 11.8 Å². The second-order valence-corrected chi connectivity index (χ2v) is 7.63. The lowest BCUT2D eigenvalue weighted by atomic mass is 10.1. The molecule has 0 saturated heterocycles. The Hall–Kier alpha value is -2.53. The molecule has 4 nitrogen and oxygen atoms in total. The Morgan fingerprint density at radius 2 is 1.50 bits per heavy atom. The first-order valence-corrected chi connectivity index (χ1v) is 10.8. The number of H-pyrrole nitrogens is 1. The number of aromatic nitrogens is 2. The molecule has 0 saturated carbocycles. The van der Waals surface area contributed by atoms with Gasteiger partial charge < -0.3 is 9.88 Å². The number of carbonyl (C=O) groups excluding carboxylic acids is 1. The molecule has 1 N–H and O–H groups in total. The zero-order valence-corrected chi connectivity index (χ0v) is 17.3. The standard InChI is InChI=1S/C23H27N3OS/c1-3-15-26(16-4-2)20(27)17-28-23-24-21(18-11-7-5-8-12-18)22(25-23)19-13-9-6-10-14-19/h5-14H,3-4,15-17H2,1-2H3,(H,24,25). The van der Waals surface area contributed by atoms with E-state index in [0.717, 1.165) is 53.6 Å². The molecule has 0 aliphatic carbocycles. The van der Waals surface area contributed by atoms with Gasteiger partial charge in [-0.25, -0.2) is 4.98 Å². The highest BCUT2D eigenvalue weighted by molar-refractivity contribution is 7.99. The molecular weight excluding hydrogens is 366 g/mol. The van der Waals surface area contributed by atoms with Crippen molar-refractivity contribution in [3.63, 3.8) is 0 Å². The first-order valence-electron chi connectivity index (χ1n) is 9.84. The Morgan fingerprint density at radius 3 is 2.07 bits per heavy atom. The van der Waals surface area contributed by atoms with E-state index in [9.17, 15) is 4.79 Å². The number of nitrogens with zero attached hydrogens (tertiary/aromatic N) is 2. The van der Waals surface area contributed by atoms with Gasteiger partial charge in [-0.1, -0.05) is 86.3 Å². The molecule has 0 unspecified atom stereocenters. The molecule has 3 aromatic rings. The summed E-state index contributed by atoms with van der Waals surface area (Å²) >= 11 is 1.48. The van der Waals surface area contributed by atoms with Crippen LogP contribution >= 0.6 is 11.8 Å². The summed E-state index contributed by atoms with van der Waals surface area (Å²) in [4.78, 5) is 22.8. The molecule has 1 heterocycles. The lowest BCUT2D eigenvalue weighted by Crippen LogP contribution is -2.33. The molecule has 1 aromatic heterocycles. The average Bonchev–Trinajstić information content (AvgIpc) is 3.17. The van der Waals surface area contributed by atoms with Crippen molar-refractivity contribution in [3.05, 3.63) is 60.7 Å². The second-order valence-electron chi connectivity index (χ2n) is 6.67. The highest BCUT2D eigenvalue weighted by atomic mass is 32.2. The molecule has 28 heavy (non-hydrogen) atoms. The molecular formula is C23H27N3OS. The van der Waals surface area contributed by atoms with Crippen molar-refractivity contribution in [1.29, 1.82) is 0 Å². The molecule has 0 aliphatic rings. The fourth-order valence-corrected chi connectivity index (χ4v) is 3.93. The van der Waals surface area contributed by atoms with Gasteiger partial charge in [-0.3, -0.25) is 4.79 Å². The van der Waals surface area contributed by atoms with Crippen molar-refractivity contribution in [2.24, 2.45) is 0 Å². The van der Waals surface area contributed by atoms with E-state index in [-0.39, 0.29) is 5.91 Å². The molecule has 1 amide bonds. The van der Waals surface area contributed by atoms with E-state index in [2.05, 4.69) is 43.1 Å². The van der Waals surface area contributed by atoms with Gasteiger partial charge in [-0.2, -0.15) is 0 Å². The van der Waals surface area contributed by atoms with Gasteiger partial charge in [0.15, 0.2) is 5.16 Å². The van der Waals surface area contributed by atoms with Crippen molar-refractivity contribution in [1.82, 2.24) is 14.9 Å². The average molecular weight is 394 g/mol. The summed E-state index contributed by atoms with van der Waals surface area (Å²) in [5, 5.41) is 0.777. The second kappa shape index (κ2) is 10.1. The van der Waals surface area contributed by atoms with Gasteiger partial charge in [0.05, 0.1) is 17.1 Å². The van der Waals surface area contributed by atoms with Crippen LogP contribution in [-0.2, 0) is 4.79 Å². The normalized spacial score (nSPS) is 10.8. The van der Waals surface area contributed by atoms with E-state index in [4.69, 9.17) is 4.98 Å². The van der Waals surface area contributed by atoms with Crippen molar-refractivity contribution in [3.8, 4) is 22.5 Å². The SMILES string of the molecule is CCCN(CCC)C(=O)CSc1nc(-c2ccccc2)c(-c2ccccc2)[nH]1. The zero-order chi connectivity index (χ0) is 19.8. The van der Waals surface area contributed by atoms with Crippen LogP contribution in [0.3, 0.4) is 0 Å². The quantitative estimate of drug-likeness (QED) is 0.489. The van der Waals surface area contributed by atoms with Crippen LogP contribution in [0.4, 0.5) is 0 Å². The van der Waals surface area contributed by atoms with Gasteiger partial charge in [0, 0.05) is 24.2 Å². The van der Waals surface area contributed by atoms with E-state index >= 15 is 0 Å². The number of rotatable bonds is 9. The van der Waals surface area contributed by atoms with Crippen LogP contribution in [0.1, 0.15) is 26.7 Å². The van der Waals surface area contributed by atoms with Crippen molar-refractivity contribution in [2.45, 2.75) is 31.8 Å². The summed E-state index contributed by atoms with van der Waals surface area (Å²) in [5.74, 6) is 0.573. The topological polar surface area (TPSA) is 49.0 Å². The maximum absolute atomic E-state index is 12.6. The molecule has 0 spiro atoms. The van der Waals surface area contributed by atoms with Gasteiger partial charge >= 0.3 is 0 Å². The molecule has 0 fully saturated rings. The molecule has 0 bridgehead atoms. The molecule has 0 radical (unpaired) electrons. The number of benzene rings is 2. The van der Waals surface area contributed by atoms with Crippen LogP contribution < -0.4 is 0 Å². The van der Waals surface area contributed by atoms with E-state index < -0.39 is 0 Å². The maximum Gasteiger partial charge on any atom is 0.233 e. The van der Waals surface area contributed by atoms with Crippen LogP contribution in [0.15, 0.2) is 65.8 Å². The van der Waals surface area contributed by atoms with Gasteiger partial charge in [0.2, 0.25) is 5.91 Å². The summed E-state index contributed by atoms with van der Waals surface area (Å²) < 4.78 is 0. The molecule has 3 rings (SSSR count). The van der Waals surface area contributed by atoms with Crippen molar-refractivity contribution in [2.75, 3.05) is 18.8 Å². The smallest absolute Gasteiger partial charge is 0.233 e. The Bertz CT molecular complexity index is 814. The molecule has 0 aliphatic heterocycles. The minimum absolute atomic E-state index is 0.174. The largest absolute Gasteiger partial charge is 0.342 e. The minimum Gasteiger partial charge on any atom is -0.342 e. The fraction of sp³-hybridized carbons (Fsp3) is 0.304. The summed E-state index contributed by atoms with van der Waals surface area (Å²) in [5.41, 5.74) is 4.06. The Balaban J connectivity index is 1.83. The number of nitrogens with one attached hydrogen (secondary N) is 1. The third kappa shape index (κ3) is 5.04. The summed E-state index contributed by atoms with van der Waals surface area (Å²) in [6.07, 6.45) is 1.96. The summed E-state index contributed by atoms with van der Waals surface area (Å²) in [6, 6.07) is 20.4. The summed E-state index contributed by atoms with van der Waals surface area (Å²) in [7, 11) is 0. The van der Waals surface area contributed by atoms with Gasteiger partial charge in [0.25, 0.3) is 0 Å². The Morgan fingerprint density at radius 1 is 0.929 bits per heavy atom. The van der Waals surface area contributed by atoms with Crippen molar-refractivity contribution < 1.29 is 4.79 Å². The van der Waals surface area contributed by atoms with Gasteiger partial charge in [0.1, 0.15) is 0 Å². The predicted molar refractivity (Wildman–Crippen MR) is 117 cm³/mol. The number of aromatic amines is 1. The van der Waals surface area contributed by atoms with Crippen LogP contribution in [0.5, 0.6) is 0 Å². The summed E-state index contributed by atoms with van der Waals surface area (Å²) in [6.45, 7) is 5.84. The minimum atomic E-state index is 0.174. The number of carbonyl (C=O) groups is 1. The van der Waals surface area contributed by atoms with E-state index in [1.807, 2.05) is 41.3 Å². The first-order chi connectivity index (χ1) is 13.7. The van der Waals surface area contributed by atoms with Crippen LogP contribution in [0.2, 0.25) is 0 Å². The molecule has 146 valence electrons. The lowest BCUT2D eigenvalue weighted by Gasteiger charge is -2.20. The Kier molecular flexibility index (Phi) is 7.31. The lowest BCUT2D eigenvalue weighted by molar-refractivity contribution is -0.128. The monoisotopic (exact) mass is 393 g/mol. The van der Waals surface area contributed by atoms with Crippen LogP contribution in [0.25, 0.3) is 22.5 Å². The van der Waals surface area contributed by atoms with Crippen LogP contribution in [-0.4, -0.2) is 39.6 Å². The van der Waals surface area contributed by atoms with Gasteiger partial charge in [-0.15, -0.1) is 0 Å². The number of hydrogen-bond donors (Lipinski definition) is 1. The number of thioether (sulfide) groups is 1. The zero-order valence-electron chi connectivity index (χ0n) is 16.5. The van der Waals surface area contributed by atoms with Crippen molar-refractivity contribution >= 4 is 17.7 Å². The van der Waals surface area contributed by atoms with E-state index in [1.54, 1.807) is 0 Å².